The van der Waals surface area contributed by atoms with Gasteiger partial charge in [-0.05, 0) is 11.6 Å². The van der Waals surface area contributed by atoms with Crippen LogP contribution in [0.4, 0.5) is 11.5 Å². The highest BCUT2D eigenvalue weighted by atomic mass is 16.4. The topological polar surface area (TPSA) is 80.0 Å². The third-order valence-electron chi connectivity index (χ3n) is 3.33. The summed E-state index contributed by atoms with van der Waals surface area (Å²) >= 11 is 0. The summed E-state index contributed by atoms with van der Waals surface area (Å²) in [6.45, 7) is 0. The summed E-state index contributed by atoms with van der Waals surface area (Å²) < 4.78 is 1.67. The number of rotatable bonds is 4. The van der Waals surface area contributed by atoms with E-state index in [9.17, 15) is 9.90 Å². The SMILES string of the molecule is Cn1ncc(-c2ccccc2)c1Nc1cnccc1C(=O)O. The minimum Gasteiger partial charge on any atom is -0.478 e. The maximum Gasteiger partial charge on any atom is 0.337 e. The maximum atomic E-state index is 11.3. The summed E-state index contributed by atoms with van der Waals surface area (Å²) in [7, 11) is 1.80. The van der Waals surface area contributed by atoms with Crippen LogP contribution in [0.5, 0.6) is 0 Å². The van der Waals surface area contributed by atoms with Gasteiger partial charge in [-0.2, -0.15) is 5.10 Å². The van der Waals surface area contributed by atoms with Gasteiger partial charge < -0.3 is 10.4 Å². The van der Waals surface area contributed by atoms with Crippen molar-refractivity contribution in [1.29, 1.82) is 0 Å². The van der Waals surface area contributed by atoms with Gasteiger partial charge in [0.05, 0.1) is 23.6 Å². The van der Waals surface area contributed by atoms with Gasteiger partial charge in [-0.25, -0.2) is 4.79 Å². The van der Waals surface area contributed by atoms with Crippen LogP contribution in [0.25, 0.3) is 11.1 Å². The Hall–Kier alpha value is -3.15. The third kappa shape index (κ3) is 2.54. The first kappa shape index (κ1) is 13.8. The molecule has 22 heavy (non-hydrogen) atoms. The van der Waals surface area contributed by atoms with Crippen LogP contribution < -0.4 is 5.32 Å². The van der Waals surface area contributed by atoms with Gasteiger partial charge >= 0.3 is 5.97 Å². The summed E-state index contributed by atoms with van der Waals surface area (Å²) in [5, 5.41) is 16.6. The molecule has 2 N–H and O–H groups in total. The number of aryl methyl sites for hydroxylation is 1. The number of nitrogens with one attached hydrogen (secondary N) is 1. The van der Waals surface area contributed by atoms with Gasteiger partial charge in [0.2, 0.25) is 0 Å². The molecular formula is C16H14N4O2. The number of benzene rings is 1. The molecule has 0 saturated heterocycles. The predicted octanol–water partition coefficient (Wildman–Crippen LogP) is 2.92. The van der Waals surface area contributed by atoms with Gasteiger partial charge in [-0.1, -0.05) is 30.3 Å². The van der Waals surface area contributed by atoms with Crippen LogP contribution in [-0.2, 0) is 7.05 Å². The van der Waals surface area contributed by atoms with Gasteiger partial charge in [0.25, 0.3) is 0 Å². The molecule has 2 aromatic heterocycles. The molecule has 110 valence electrons. The second-order valence-electron chi connectivity index (χ2n) is 4.75. The van der Waals surface area contributed by atoms with E-state index in [2.05, 4.69) is 15.4 Å². The number of aromatic nitrogens is 3. The van der Waals surface area contributed by atoms with Crippen molar-refractivity contribution in [1.82, 2.24) is 14.8 Å². The molecule has 0 radical (unpaired) electrons. The third-order valence-corrected chi connectivity index (χ3v) is 3.33. The van der Waals surface area contributed by atoms with Gasteiger partial charge in [0.1, 0.15) is 5.82 Å². The molecule has 0 fully saturated rings. The van der Waals surface area contributed by atoms with Crippen molar-refractivity contribution >= 4 is 17.5 Å². The molecule has 0 amide bonds. The molecule has 0 aliphatic heterocycles. The first-order valence-corrected chi connectivity index (χ1v) is 6.68. The predicted molar refractivity (Wildman–Crippen MR) is 83.1 cm³/mol. The normalized spacial score (nSPS) is 10.4. The van der Waals surface area contributed by atoms with Crippen LogP contribution in [0.1, 0.15) is 10.4 Å². The Balaban J connectivity index is 2.04. The largest absolute Gasteiger partial charge is 0.478 e. The van der Waals surface area contributed by atoms with Crippen molar-refractivity contribution in [3.05, 3.63) is 60.6 Å². The van der Waals surface area contributed by atoms with E-state index in [-0.39, 0.29) is 5.56 Å². The van der Waals surface area contributed by atoms with E-state index in [1.807, 2.05) is 30.3 Å². The maximum absolute atomic E-state index is 11.3. The molecule has 0 bridgehead atoms. The number of carboxylic acid groups (broad SMARTS) is 1. The molecule has 3 aromatic rings. The van der Waals surface area contributed by atoms with Gasteiger partial charge in [-0.15, -0.1) is 0 Å². The van der Waals surface area contributed by atoms with E-state index in [0.29, 0.717) is 11.5 Å². The standard InChI is InChI=1S/C16H14N4O2/c1-20-15(13(9-18-20)11-5-3-2-4-6-11)19-14-10-17-8-7-12(14)16(21)22/h2-10,19H,1H3,(H,21,22). The molecule has 6 heteroatoms. The highest BCUT2D eigenvalue weighted by molar-refractivity contribution is 5.95. The molecule has 0 spiro atoms. The van der Waals surface area contributed by atoms with E-state index in [0.717, 1.165) is 11.1 Å². The van der Waals surface area contributed by atoms with Gasteiger partial charge in [0.15, 0.2) is 0 Å². The second kappa shape index (κ2) is 5.69. The van der Waals surface area contributed by atoms with Crippen LogP contribution in [0.15, 0.2) is 55.0 Å². The van der Waals surface area contributed by atoms with E-state index < -0.39 is 5.97 Å². The molecule has 0 atom stereocenters. The lowest BCUT2D eigenvalue weighted by Crippen LogP contribution is -2.06. The molecule has 6 nitrogen and oxygen atoms in total. The summed E-state index contributed by atoms with van der Waals surface area (Å²) in [5.41, 5.74) is 2.48. The zero-order valence-electron chi connectivity index (χ0n) is 11.9. The highest BCUT2D eigenvalue weighted by Gasteiger charge is 2.15. The summed E-state index contributed by atoms with van der Waals surface area (Å²) in [5.74, 6) is -0.296. The van der Waals surface area contributed by atoms with Crippen LogP contribution >= 0.6 is 0 Å². The average Bonchev–Trinajstić information content (AvgIpc) is 2.90. The van der Waals surface area contributed by atoms with Crippen molar-refractivity contribution < 1.29 is 9.90 Å². The summed E-state index contributed by atoms with van der Waals surface area (Å²) in [4.78, 5) is 15.3. The quantitative estimate of drug-likeness (QED) is 0.773. The number of hydrogen-bond donors (Lipinski definition) is 2. The average molecular weight is 294 g/mol. The fourth-order valence-electron chi connectivity index (χ4n) is 2.22. The monoisotopic (exact) mass is 294 g/mol. The van der Waals surface area contributed by atoms with E-state index in [1.165, 1.54) is 18.5 Å². The number of aromatic carboxylic acids is 1. The van der Waals surface area contributed by atoms with Crippen LogP contribution in [0.2, 0.25) is 0 Å². The Bertz CT molecular complexity index is 812. The lowest BCUT2D eigenvalue weighted by Gasteiger charge is -2.11. The minimum absolute atomic E-state index is 0.162. The van der Waals surface area contributed by atoms with Crippen molar-refractivity contribution in [2.45, 2.75) is 0 Å². The molecule has 2 heterocycles. The minimum atomic E-state index is -1.01. The van der Waals surface area contributed by atoms with E-state index in [4.69, 9.17) is 0 Å². The number of carboxylic acids is 1. The Morgan fingerprint density at radius 1 is 1.18 bits per heavy atom. The Labute approximate surface area is 127 Å². The molecule has 0 saturated carbocycles. The van der Waals surface area contributed by atoms with E-state index >= 15 is 0 Å². The van der Waals surface area contributed by atoms with Crippen LogP contribution in [0.3, 0.4) is 0 Å². The zero-order chi connectivity index (χ0) is 15.5. The summed E-state index contributed by atoms with van der Waals surface area (Å²) in [6.07, 6.45) is 4.69. The Morgan fingerprint density at radius 3 is 2.68 bits per heavy atom. The summed E-state index contributed by atoms with van der Waals surface area (Å²) in [6, 6.07) is 11.2. The lowest BCUT2D eigenvalue weighted by atomic mass is 10.1. The fourth-order valence-corrected chi connectivity index (χ4v) is 2.22. The van der Waals surface area contributed by atoms with Crippen molar-refractivity contribution in [3.63, 3.8) is 0 Å². The Morgan fingerprint density at radius 2 is 1.95 bits per heavy atom. The molecular weight excluding hydrogens is 280 g/mol. The second-order valence-corrected chi connectivity index (χ2v) is 4.75. The molecule has 0 aliphatic carbocycles. The number of hydrogen-bond acceptors (Lipinski definition) is 4. The van der Waals surface area contributed by atoms with Crippen molar-refractivity contribution in [2.24, 2.45) is 7.05 Å². The van der Waals surface area contributed by atoms with E-state index in [1.54, 1.807) is 17.9 Å². The number of pyridine rings is 1. The van der Waals surface area contributed by atoms with Gasteiger partial charge in [0, 0.05) is 18.8 Å². The zero-order valence-corrected chi connectivity index (χ0v) is 11.9. The number of anilines is 2. The van der Waals surface area contributed by atoms with Crippen LogP contribution in [-0.4, -0.2) is 25.8 Å². The Kier molecular flexibility index (Phi) is 3.57. The lowest BCUT2D eigenvalue weighted by molar-refractivity contribution is 0.0698. The fraction of sp³-hybridized carbons (Fsp3) is 0.0625. The first-order valence-electron chi connectivity index (χ1n) is 6.68. The van der Waals surface area contributed by atoms with Crippen molar-refractivity contribution in [3.8, 4) is 11.1 Å². The van der Waals surface area contributed by atoms with Crippen molar-refractivity contribution in [2.75, 3.05) is 5.32 Å². The molecule has 0 aliphatic rings. The molecule has 1 aromatic carbocycles. The number of carbonyl (C=O) groups is 1. The van der Waals surface area contributed by atoms with Gasteiger partial charge in [-0.3, -0.25) is 9.67 Å². The van der Waals surface area contributed by atoms with Crippen LogP contribution in [0, 0.1) is 0 Å². The smallest absolute Gasteiger partial charge is 0.337 e. The molecule has 3 rings (SSSR count). The highest BCUT2D eigenvalue weighted by Crippen LogP contribution is 2.30. The molecule has 0 unspecified atom stereocenters. The number of nitrogens with zero attached hydrogens (tertiary/aromatic N) is 3. The first-order chi connectivity index (χ1) is 10.7.